The summed E-state index contributed by atoms with van der Waals surface area (Å²) in [6.45, 7) is 1.02. The normalized spacial score (nSPS) is 10.4. The Labute approximate surface area is 109 Å². The van der Waals surface area contributed by atoms with E-state index in [-0.39, 0.29) is 11.4 Å². The number of aromatic nitrogens is 1. The molecule has 0 unspecified atom stereocenters. The highest BCUT2D eigenvalue weighted by molar-refractivity contribution is 5.87. The third kappa shape index (κ3) is 3.86. The van der Waals surface area contributed by atoms with Crippen LogP contribution >= 0.6 is 0 Å². The predicted molar refractivity (Wildman–Crippen MR) is 68.1 cm³/mol. The van der Waals surface area contributed by atoms with Crippen LogP contribution in [0.1, 0.15) is 21.6 Å². The fourth-order valence-corrected chi connectivity index (χ4v) is 1.64. The number of pyridine rings is 1. The number of aromatic carboxylic acids is 1. The van der Waals surface area contributed by atoms with Crippen molar-refractivity contribution in [2.24, 2.45) is 0 Å². The highest BCUT2D eigenvalue weighted by Crippen LogP contribution is 2.04. The van der Waals surface area contributed by atoms with Crippen molar-refractivity contribution in [1.82, 2.24) is 10.3 Å². The number of carboxylic acids is 1. The fraction of sp³-hybridized carbons (Fsp3) is 0.143. The van der Waals surface area contributed by atoms with Crippen molar-refractivity contribution >= 4 is 5.97 Å². The monoisotopic (exact) mass is 260 g/mol. The third-order valence-corrected chi connectivity index (χ3v) is 2.60. The maximum Gasteiger partial charge on any atom is 0.337 e. The Hall–Kier alpha value is -2.27. The molecule has 0 atom stereocenters. The van der Waals surface area contributed by atoms with Crippen LogP contribution in [0.2, 0.25) is 0 Å². The lowest BCUT2D eigenvalue weighted by molar-refractivity contribution is 0.0696. The number of hydrogen-bond donors (Lipinski definition) is 2. The highest BCUT2D eigenvalue weighted by atomic mass is 19.1. The maximum absolute atomic E-state index is 12.9. The van der Waals surface area contributed by atoms with Crippen molar-refractivity contribution in [2.75, 3.05) is 0 Å². The van der Waals surface area contributed by atoms with Gasteiger partial charge >= 0.3 is 5.97 Å². The average molecular weight is 260 g/mol. The number of benzene rings is 1. The molecular weight excluding hydrogens is 247 g/mol. The van der Waals surface area contributed by atoms with E-state index in [0.29, 0.717) is 13.1 Å². The molecule has 0 aliphatic rings. The summed E-state index contributed by atoms with van der Waals surface area (Å²) in [6, 6.07) is 9.52. The van der Waals surface area contributed by atoms with Crippen LogP contribution in [-0.4, -0.2) is 16.1 Å². The van der Waals surface area contributed by atoms with Gasteiger partial charge in [-0.3, -0.25) is 4.98 Å². The Morgan fingerprint density at radius 1 is 1.26 bits per heavy atom. The van der Waals surface area contributed by atoms with E-state index >= 15 is 0 Å². The van der Waals surface area contributed by atoms with Gasteiger partial charge in [0.2, 0.25) is 0 Å². The van der Waals surface area contributed by atoms with Crippen LogP contribution in [0, 0.1) is 5.82 Å². The molecule has 0 radical (unpaired) electrons. The molecule has 0 saturated heterocycles. The minimum Gasteiger partial charge on any atom is -0.478 e. The van der Waals surface area contributed by atoms with E-state index in [2.05, 4.69) is 10.3 Å². The zero-order chi connectivity index (χ0) is 13.7. The molecule has 4 nitrogen and oxygen atoms in total. The molecule has 2 rings (SSSR count). The minimum absolute atomic E-state index is 0.161. The molecule has 1 aromatic carbocycles. The minimum atomic E-state index is -0.994. The van der Waals surface area contributed by atoms with Crippen molar-refractivity contribution in [3.05, 3.63) is 65.2 Å². The topological polar surface area (TPSA) is 62.2 Å². The van der Waals surface area contributed by atoms with Gasteiger partial charge in [0, 0.05) is 19.3 Å². The quantitative estimate of drug-likeness (QED) is 0.865. The Balaban J connectivity index is 1.87. The van der Waals surface area contributed by atoms with Crippen molar-refractivity contribution in [3.63, 3.8) is 0 Å². The molecule has 2 aromatic rings. The average Bonchev–Trinajstić information content (AvgIpc) is 2.39. The molecule has 2 N–H and O–H groups in total. The summed E-state index contributed by atoms with van der Waals surface area (Å²) in [5.74, 6) is -1.25. The first-order valence-corrected chi connectivity index (χ1v) is 5.78. The van der Waals surface area contributed by atoms with Crippen LogP contribution < -0.4 is 5.32 Å². The maximum atomic E-state index is 12.9. The second-order valence-corrected chi connectivity index (χ2v) is 4.08. The predicted octanol–water partition coefficient (Wildman–Crippen LogP) is 2.21. The molecule has 0 amide bonds. The lowest BCUT2D eigenvalue weighted by Crippen LogP contribution is -2.14. The van der Waals surface area contributed by atoms with Gasteiger partial charge in [0.1, 0.15) is 5.82 Å². The van der Waals surface area contributed by atoms with Gasteiger partial charge in [-0.05, 0) is 29.8 Å². The first-order valence-electron chi connectivity index (χ1n) is 5.78. The van der Waals surface area contributed by atoms with E-state index in [9.17, 15) is 9.18 Å². The summed E-state index contributed by atoms with van der Waals surface area (Å²) in [5.41, 5.74) is 1.75. The summed E-state index contributed by atoms with van der Waals surface area (Å²) >= 11 is 0. The molecule has 0 bridgehead atoms. The van der Waals surface area contributed by atoms with Crippen LogP contribution in [0.4, 0.5) is 4.39 Å². The second-order valence-electron chi connectivity index (χ2n) is 4.08. The first kappa shape index (κ1) is 13.2. The number of nitrogens with one attached hydrogen (secondary N) is 1. The summed E-state index contributed by atoms with van der Waals surface area (Å²) in [6.07, 6.45) is 1.32. The summed E-state index contributed by atoms with van der Waals surface area (Å²) in [4.78, 5) is 14.7. The van der Waals surface area contributed by atoms with Gasteiger partial charge in [-0.2, -0.15) is 0 Å². The van der Waals surface area contributed by atoms with E-state index in [1.165, 1.54) is 24.4 Å². The van der Waals surface area contributed by atoms with E-state index < -0.39 is 5.97 Å². The number of carboxylic acid groups (broad SMARTS) is 1. The van der Waals surface area contributed by atoms with Gasteiger partial charge in [-0.25, -0.2) is 9.18 Å². The largest absolute Gasteiger partial charge is 0.478 e. The number of hydrogen-bond acceptors (Lipinski definition) is 3. The third-order valence-electron chi connectivity index (χ3n) is 2.60. The van der Waals surface area contributed by atoms with Gasteiger partial charge in [0.05, 0.1) is 11.3 Å². The van der Waals surface area contributed by atoms with Crippen molar-refractivity contribution in [1.29, 1.82) is 0 Å². The standard InChI is InChI=1S/C14H13FN2O2/c15-12-3-1-2-10(6-12)7-16-9-13-5-4-11(8-17-13)14(18)19/h1-6,8,16H,7,9H2,(H,18,19). The van der Waals surface area contributed by atoms with Crippen molar-refractivity contribution < 1.29 is 14.3 Å². The molecule has 0 aliphatic carbocycles. The van der Waals surface area contributed by atoms with Crippen LogP contribution in [0.25, 0.3) is 0 Å². The molecule has 0 fully saturated rings. The number of carbonyl (C=O) groups is 1. The van der Waals surface area contributed by atoms with Gasteiger partial charge in [0.15, 0.2) is 0 Å². The van der Waals surface area contributed by atoms with Gasteiger partial charge < -0.3 is 10.4 Å². The second kappa shape index (κ2) is 6.06. The highest BCUT2D eigenvalue weighted by Gasteiger charge is 2.02. The Morgan fingerprint density at radius 3 is 2.74 bits per heavy atom. The number of rotatable bonds is 5. The number of nitrogens with zero attached hydrogens (tertiary/aromatic N) is 1. The Morgan fingerprint density at radius 2 is 2.11 bits per heavy atom. The smallest absolute Gasteiger partial charge is 0.337 e. The molecule has 1 aromatic heterocycles. The molecule has 19 heavy (non-hydrogen) atoms. The van der Waals surface area contributed by atoms with Crippen LogP contribution in [0.5, 0.6) is 0 Å². The van der Waals surface area contributed by atoms with E-state index in [4.69, 9.17) is 5.11 Å². The molecule has 1 heterocycles. The van der Waals surface area contributed by atoms with E-state index in [1.54, 1.807) is 12.1 Å². The zero-order valence-corrected chi connectivity index (χ0v) is 10.1. The molecular formula is C14H13FN2O2. The van der Waals surface area contributed by atoms with Gasteiger partial charge in [0.25, 0.3) is 0 Å². The first-order chi connectivity index (χ1) is 9.15. The van der Waals surface area contributed by atoms with Gasteiger partial charge in [-0.15, -0.1) is 0 Å². The van der Waals surface area contributed by atoms with Crippen LogP contribution in [0.15, 0.2) is 42.6 Å². The Bertz CT molecular complexity index is 570. The fourth-order valence-electron chi connectivity index (χ4n) is 1.64. The van der Waals surface area contributed by atoms with Crippen molar-refractivity contribution in [3.8, 4) is 0 Å². The summed E-state index contributed by atoms with van der Waals surface area (Å²) in [7, 11) is 0. The van der Waals surface area contributed by atoms with E-state index in [1.807, 2.05) is 6.07 Å². The molecule has 0 aliphatic heterocycles. The van der Waals surface area contributed by atoms with Crippen molar-refractivity contribution in [2.45, 2.75) is 13.1 Å². The molecule has 5 heteroatoms. The number of halogens is 1. The van der Waals surface area contributed by atoms with Gasteiger partial charge in [-0.1, -0.05) is 12.1 Å². The summed E-state index contributed by atoms with van der Waals surface area (Å²) in [5, 5.41) is 11.9. The lowest BCUT2D eigenvalue weighted by atomic mass is 10.2. The SMILES string of the molecule is O=C(O)c1ccc(CNCc2cccc(F)c2)nc1. The molecule has 98 valence electrons. The van der Waals surface area contributed by atoms with Crippen LogP contribution in [-0.2, 0) is 13.1 Å². The molecule has 0 saturated carbocycles. The Kier molecular flexibility index (Phi) is 4.20. The molecule has 0 spiro atoms. The van der Waals surface area contributed by atoms with Crippen LogP contribution in [0.3, 0.4) is 0 Å². The summed E-state index contributed by atoms with van der Waals surface area (Å²) < 4.78 is 12.9. The van der Waals surface area contributed by atoms with E-state index in [0.717, 1.165) is 11.3 Å². The lowest BCUT2D eigenvalue weighted by Gasteiger charge is -2.05. The zero-order valence-electron chi connectivity index (χ0n) is 10.1.